The highest BCUT2D eigenvalue weighted by molar-refractivity contribution is 6.24. The van der Waals surface area contributed by atoms with Crippen LogP contribution in [0.15, 0.2) is 30.3 Å². The van der Waals surface area contributed by atoms with Crippen LogP contribution in [0.2, 0.25) is 0 Å². The van der Waals surface area contributed by atoms with Crippen LogP contribution in [-0.4, -0.2) is 28.7 Å². The van der Waals surface area contributed by atoms with Crippen molar-refractivity contribution in [3.63, 3.8) is 0 Å². The second-order valence-corrected chi connectivity index (χ2v) is 4.66. The summed E-state index contributed by atoms with van der Waals surface area (Å²) in [5, 5.41) is 0. The molecular weight excluding hydrogens is 285 g/mol. The van der Waals surface area contributed by atoms with Gasteiger partial charge in [0, 0.05) is 7.05 Å². The Balaban J connectivity index is 2.33. The standard InChI is InChI=1S/C14H9F3N2O2/c1-19-12(20)8-9(13(19)21)11(14(15,16)17)18-10(8)7-5-3-2-4-6-7/h2-6,18H,1H3. The molecule has 7 heteroatoms. The maximum atomic E-state index is 13.1. The van der Waals surface area contributed by atoms with E-state index in [2.05, 4.69) is 4.98 Å². The van der Waals surface area contributed by atoms with E-state index in [0.717, 1.165) is 0 Å². The van der Waals surface area contributed by atoms with Gasteiger partial charge in [0.15, 0.2) is 0 Å². The quantitative estimate of drug-likeness (QED) is 0.822. The van der Waals surface area contributed by atoms with E-state index in [-0.39, 0.29) is 11.3 Å². The van der Waals surface area contributed by atoms with Crippen molar-refractivity contribution in [2.75, 3.05) is 7.05 Å². The van der Waals surface area contributed by atoms with Gasteiger partial charge in [-0.15, -0.1) is 0 Å². The molecule has 2 heterocycles. The molecule has 1 aromatic heterocycles. The first-order valence-corrected chi connectivity index (χ1v) is 6.03. The summed E-state index contributed by atoms with van der Waals surface area (Å²) in [6.07, 6.45) is -4.74. The Hall–Kier alpha value is -2.57. The van der Waals surface area contributed by atoms with Crippen molar-refractivity contribution >= 4 is 11.8 Å². The number of nitrogens with zero attached hydrogens (tertiary/aromatic N) is 1. The molecule has 21 heavy (non-hydrogen) atoms. The van der Waals surface area contributed by atoms with Crippen molar-refractivity contribution in [1.82, 2.24) is 9.88 Å². The monoisotopic (exact) mass is 294 g/mol. The highest BCUT2D eigenvalue weighted by atomic mass is 19.4. The molecule has 1 N–H and O–H groups in total. The summed E-state index contributed by atoms with van der Waals surface area (Å²) in [5.74, 6) is -1.68. The number of halogens is 3. The summed E-state index contributed by atoms with van der Waals surface area (Å²) in [6, 6.07) is 8.13. The minimum atomic E-state index is -4.74. The summed E-state index contributed by atoms with van der Waals surface area (Å²) in [4.78, 5) is 26.9. The van der Waals surface area contributed by atoms with Gasteiger partial charge in [0.1, 0.15) is 5.69 Å². The van der Waals surface area contributed by atoms with E-state index >= 15 is 0 Å². The fourth-order valence-electron chi connectivity index (χ4n) is 2.39. The molecule has 0 fully saturated rings. The Morgan fingerprint density at radius 1 is 1.00 bits per heavy atom. The summed E-state index contributed by atoms with van der Waals surface area (Å²) in [6.45, 7) is 0. The van der Waals surface area contributed by atoms with Gasteiger partial charge in [0.05, 0.1) is 16.8 Å². The number of benzene rings is 1. The molecule has 1 aliphatic heterocycles. The molecule has 1 aliphatic rings. The number of aromatic nitrogens is 1. The summed E-state index contributed by atoms with van der Waals surface area (Å²) < 4.78 is 39.3. The van der Waals surface area contributed by atoms with Gasteiger partial charge in [-0.25, -0.2) is 0 Å². The summed E-state index contributed by atoms with van der Waals surface area (Å²) in [7, 11) is 1.17. The zero-order valence-corrected chi connectivity index (χ0v) is 10.8. The third kappa shape index (κ3) is 1.84. The van der Waals surface area contributed by atoms with Gasteiger partial charge in [-0.05, 0) is 5.56 Å². The number of imide groups is 1. The highest BCUT2D eigenvalue weighted by Gasteiger charge is 2.47. The number of hydrogen-bond acceptors (Lipinski definition) is 2. The fourth-order valence-corrected chi connectivity index (χ4v) is 2.39. The molecule has 0 radical (unpaired) electrons. The lowest BCUT2D eigenvalue weighted by molar-refractivity contribution is -0.141. The molecule has 2 aromatic rings. The Labute approximate surface area is 117 Å². The maximum Gasteiger partial charge on any atom is 0.432 e. The van der Waals surface area contributed by atoms with E-state index in [4.69, 9.17) is 0 Å². The van der Waals surface area contributed by atoms with Gasteiger partial charge in [-0.1, -0.05) is 30.3 Å². The highest BCUT2D eigenvalue weighted by Crippen LogP contribution is 2.41. The van der Waals surface area contributed by atoms with Crippen molar-refractivity contribution in [2.45, 2.75) is 6.18 Å². The average Bonchev–Trinajstić information content (AvgIpc) is 2.94. The van der Waals surface area contributed by atoms with Gasteiger partial charge < -0.3 is 4.98 Å². The minimum absolute atomic E-state index is 0.0145. The Kier molecular flexibility index (Phi) is 2.69. The third-order valence-electron chi connectivity index (χ3n) is 3.38. The van der Waals surface area contributed by atoms with Crippen LogP contribution in [0.5, 0.6) is 0 Å². The zero-order valence-electron chi connectivity index (χ0n) is 10.8. The lowest BCUT2D eigenvalue weighted by atomic mass is 10.1. The smallest absolute Gasteiger partial charge is 0.350 e. The SMILES string of the molecule is CN1C(=O)c2c(-c3ccccc3)[nH]c(C(F)(F)F)c2C1=O. The second kappa shape index (κ2) is 4.21. The number of alkyl halides is 3. The van der Waals surface area contributed by atoms with E-state index in [0.29, 0.717) is 10.5 Å². The Morgan fingerprint density at radius 3 is 2.14 bits per heavy atom. The molecule has 3 rings (SSSR count). The number of hydrogen-bond donors (Lipinski definition) is 1. The molecule has 0 aliphatic carbocycles. The van der Waals surface area contributed by atoms with E-state index in [9.17, 15) is 22.8 Å². The molecule has 0 atom stereocenters. The molecule has 0 saturated heterocycles. The number of carbonyl (C=O) groups is 2. The largest absolute Gasteiger partial charge is 0.432 e. The molecule has 108 valence electrons. The number of aromatic amines is 1. The molecule has 0 saturated carbocycles. The molecule has 0 unspecified atom stereocenters. The predicted molar refractivity (Wildman–Crippen MR) is 67.7 cm³/mol. The molecule has 0 spiro atoms. The molecule has 4 nitrogen and oxygen atoms in total. The fraction of sp³-hybridized carbons (Fsp3) is 0.143. The molecule has 0 bridgehead atoms. The average molecular weight is 294 g/mol. The number of H-pyrrole nitrogens is 1. The first-order valence-electron chi connectivity index (χ1n) is 6.03. The van der Waals surface area contributed by atoms with Crippen LogP contribution in [0.3, 0.4) is 0 Å². The van der Waals surface area contributed by atoms with Crippen LogP contribution in [0, 0.1) is 0 Å². The van der Waals surface area contributed by atoms with Crippen molar-refractivity contribution in [3.05, 3.63) is 47.2 Å². The van der Waals surface area contributed by atoms with Crippen molar-refractivity contribution in [3.8, 4) is 11.3 Å². The Bertz CT molecular complexity index is 748. The topological polar surface area (TPSA) is 53.2 Å². The number of nitrogens with one attached hydrogen (secondary N) is 1. The number of fused-ring (bicyclic) bond motifs is 1. The first-order chi connectivity index (χ1) is 9.82. The number of amides is 2. The number of rotatable bonds is 1. The van der Waals surface area contributed by atoms with Crippen molar-refractivity contribution in [2.24, 2.45) is 0 Å². The van der Waals surface area contributed by atoms with Crippen LogP contribution >= 0.6 is 0 Å². The van der Waals surface area contributed by atoms with Crippen LogP contribution < -0.4 is 0 Å². The van der Waals surface area contributed by atoms with Crippen LogP contribution in [0.4, 0.5) is 13.2 Å². The zero-order chi connectivity index (χ0) is 15.4. The molecular formula is C14H9F3N2O2. The third-order valence-corrected chi connectivity index (χ3v) is 3.38. The lowest BCUT2D eigenvalue weighted by Crippen LogP contribution is -2.26. The second-order valence-electron chi connectivity index (χ2n) is 4.66. The first kappa shape index (κ1) is 13.4. The van der Waals surface area contributed by atoms with Crippen LogP contribution in [0.1, 0.15) is 26.4 Å². The molecule has 1 aromatic carbocycles. The van der Waals surface area contributed by atoms with Gasteiger partial charge >= 0.3 is 6.18 Å². The summed E-state index contributed by atoms with van der Waals surface area (Å²) >= 11 is 0. The Morgan fingerprint density at radius 2 is 1.57 bits per heavy atom. The van der Waals surface area contributed by atoms with Gasteiger partial charge in [0.25, 0.3) is 11.8 Å². The minimum Gasteiger partial charge on any atom is -0.350 e. The van der Waals surface area contributed by atoms with Crippen LogP contribution in [-0.2, 0) is 6.18 Å². The van der Waals surface area contributed by atoms with E-state index in [1.54, 1.807) is 30.3 Å². The lowest BCUT2D eigenvalue weighted by Gasteiger charge is -2.09. The number of carbonyl (C=O) groups excluding carboxylic acids is 2. The van der Waals surface area contributed by atoms with Crippen molar-refractivity contribution < 1.29 is 22.8 Å². The summed E-state index contributed by atoms with van der Waals surface area (Å²) in [5.41, 5.74) is -1.57. The maximum absolute atomic E-state index is 13.1. The van der Waals surface area contributed by atoms with Crippen LogP contribution in [0.25, 0.3) is 11.3 Å². The van der Waals surface area contributed by atoms with E-state index in [1.165, 1.54) is 7.05 Å². The predicted octanol–water partition coefficient (Wildman–Crippen LogP) is 2.93. The van der Waals surface area contributed by atoms with Gasteiger partial charge in [-0.3, -0.25) is 14.5 Å². The van der Waals surface area contributed by atoms with Crippen molar-refractivity contribution in [1.29, 1.82) is 0 Å². The van der Waals surface area contributed by atoms with E-state index < -0.39 is 29.2 Å². The van der Waals surface area contributed by atoms with Gasteiger partial charge in [0.2, 0.25) is 0 Å². The van der Waals surface area contributed by atoms with E-state index in [1.807, 2.05) is 0 Å². The molecule has 2 amide bonds. The normalized spacial score (nSPS) is 14.8. The van der Waals surface area contributed by atoms with Gasteiger partial charge in [-0.2, -0.15) is 13.2 Å².